The maximum absolute atomic E-state index is 6.23. The molecule has 0 bridgehead atoms. The second-order valence-corrected chi connectivity index (χ2v) is 4.93. The lowest BCUT2D eigenvalue weighted by Crippen LogP contribution is -2.22. The molecule has 1 aliphatic rings. The Labute approximate surface area is 109 Å². The summed E-state index contributed by atoms with van der Waals surface area (Å²) in [6.07, 6.45) is 3.95. The van der Waals surface area contributed by atoms with E-state index in [-0.39, 0.29) is 6.04 Å². The highest BCUT2D eigenvalue weighted by molar-refractivity contribution is 5.34. The van der Waals surface area contributed by atoms with E-state index in [1.807, 2.05) is 0 Å². The molecule has 0 saturated heterocycles. The molecule has 1 aliphatic carbocycles. The first-order valence-electron chi connectivity index (χ1n) is 6.74. The Bertz CT molecular complexity index is 363. The van der Waals surface area contributed by atoms with E-state index < -0.39 is 0 Å². The van der Waals surface area contributed by atoms with Crippen LogP contribution in [-0.2, 0) is 9.47 Å². The summed E-state index contributed by atoms with van der Waals surface area (Å²) in [5.74, 6) is 0.714. The number of nitrogens with two attached hydrogens (primary N) is 1. The lowest BCUT2D eigenvalue weighted by atomic mass is 9.77. The van der Waals surface area contributed by atoms with Gasteiger partial charge in [0.2, 0.25) is 0 Å². The first-order valence-corrected chi connectivity index (χ1v) is 6.74. The number of methoxy groups -OCH3 is 1. The molecule has 0 amide bonds. The second-order valence-electron chi connectivity index (χ2n) is 4.93. The Balaban J connectivity index is 1.93. The molecule has 1 aromatic carbocycles. The van der Waals surface area contributed by atoms with E-state index in [1.54, 1.807) is 7.11 Å². The van der Waals surface area contributed by atoms with Gasteiger partial charge in [0.25, 0.3) is 0 Å². The van der Waals surface area contributed by atoms with Crippen LogP contribution < -0.4 is 5.73 Å². The van der Waals surface area contributed by atoms with Crippen LogP contribution in [0, 0.1) is 0 Å². The average molecular weight is 249 g/mol. The lowest BCUT2D eigenvalue weighted by molar-refractivity contribution is 0.0634. The van der Waals surface area contributed by atoms with E-state index in [2.05, 4.69) is 24.3 Å². The van der Waals surface area contributed by atoms with Crippen molar-refractivity contribution >= 4 is 0 Å². The molecular formula is C15H23NO2. The summed E-state index contributed by atoms with van der Waals surface area (Å²) in [5, 5.41) is 0. The van der Waals surface area contributed by atoms with Gasteiger partial charge in [0.1, 0.15) is 0 Å². The third-order valence-electron chi connectivity index (χ3n) is 3.67. The molecule has 18 heavy (non-hydrogen) atoms. The molecule has 0 aromatic heterocycles. The summed E-state index contributed by atoms with van der Waals surface area (Å²) in [5.41, 5.74) is 8.90. The molecule has 3 nitrogen and oxygen atoms in total. The summed E-state index contributed by atoms with van der Waals surface area (Å²) >= 11 is 0. The molecule has 1 unspecified atom stereocenters. The van der Waals surface area contributed by atoms with Gasteiger partial charge in [-0.15, -0.1) is 0 Å². The Morgan fingerprint density at radius 3 is 2.72 bits per heavy atom. The molecule has 1 aromatic rings. The fourth-order valence-electron chi connectivity index (χ4n) is 2.38. The fourth-order valence-corrected chi connectivity index (χ4v) is 2.38. The molecule has 1 atom stereocenters. The molecule has 0 radical (unpaired) electrons. The van der Waals surface area contributed by atoms with Gasteiger partial charge in [-0.05, 0) is 29.9 Å². The van der Waals surface area contributed by atoms with Crippen LogP contribution in [0.5, 0.6) is 0 Å². The van der Waals surface area contributed by atoms with Gasteiger partial charge in [-0.25, -0.2) is 0 Å². The standard InChI is InChI=1S/C15H23NO2/c1-17-9-10-18-11-15(16)14-8-3-2-7-13(14)12-5-4-6-12/h2-3,7-8,12,15H,4-6,9-11,16H2,1H3. The largest absolute Gasteiger partial charge is 0.382 e. The van der Waals surface area contributed by atoms with Crippen LogP contribution in [0.15, 0.2) is 24.3 Å². The van der Waals surface area contributed by atoms with Crippen molar-refractivity contribution in [2.45, 2.75) is 31.2 Å². The van der Waals surface area contributed by atoms with E-state index in [1.165, 1.54) is 30.4 Å². The van der Waals surface area contributed by atoms with Gasteiger partial charge >= 0.3 is 0 Å². The molecule has 2 N–H and O–H groups in total. The van der Waals surface area contributed by atoms with Crippen LogP contribution >= 0.6 is 0 Å². The number of hydrogen-bond donors (Lipinski definition) is 1. The van der Waals surface area contributed by atoms with Crippen molar-refractivity contribution in [2.75, 3.05) is 26.9 Å². The van der Waals surface area contributed by atoms with E-state index in [9.17, 15) is 0 Å². The summed E-state index contributed by atoms with van der Waals surface area (Å²) in [6.45, 7) is 1.79. The summed E-state index contributed by atoms with van der Waals surface area (Å²) in [4.78, 5) is 0. The van der Waals surface area contributed by atoms with Crippen molar-refractivity contribution in [1.29, 1.82) is 0 Å². The Morgan fingerprint density at radius 1 is 1.28 bits per heavy atom. The lowest BCUT2D eigenvalue weighted by Gasteiger charge is -2.29. The summed E-state index contributed by atoms with van der Waals surface area (Å²) in [7, 11) is 1.68. The summed E-state index contributed by atoms with van der Waals surface area (Å²) < 4.78 is 10.5. The highest BCUT2D eigenvalue weighted by Crippen LogP contribution is 2.39. The zero-order chi connectivity index (χ0) is 12.8. The predicted molar refractivity (Wildman–Crippen MR) is 72.7 cm³/mol. The first-order chi connectivity index (χ1) is 8.83. The zero-order valence-corrected chi connectivity index (χ0v) is 11.1. The smallest absolute Gasteiger partial charge is 0.0701 e. The van der Waals surface area contributed by atoms with Crippen LogP contribution in [0.2, 0.25) is 0 Å². The Morgan fingerprint density at radius 2 is 2.06 bits per heavy atom. The monoisotopic (exact) mass is 249 g/mol. The topological polar surface area (TPSA) is 44.5 Å². The number of hydrogen-bond acceptors (Lipinski definition) is 3. The van der Waals surface area contributed by atoms with Gasteiger partial charge in [0, 0.05) is 7.11 Å². The Hall–Kier alpha value is -0.900. The maximum atomic E-state index is 6.23. The van der Waals surface area contributed by atoms with E-state index in [4.69, 9.17) is 15.2 Å². The van der Waals surface area contributed by atoms with Gasteiger partial charge in [-0.1, -0.05) is 30.7 Å². The first kappa shape index (κ1) is 13.5. The van der Waals surface area contributed by atoms with Crippen molar-refractivity contribution in [3.63, 3.8) is 0 Å². The van der Waals surface area contributed by atoms with Crippen LogP contribution in [0.3, 0.4) is 0 Å². The molecule has 1 saturated carbocycles. The number of benzene rings is 1. The molecular weight excluding hydrogens is 226 g/mol. The van der Waals surface area contributed by atoms with E-state index in [0.29, 0.717) is 25.7 Å². The average Bonchev–Trinajstić information content (AvgIpc) is 2.33. The zero-order valence-electron chi connectivity index (χ0n) is 11.1. The fraction of sp³-hybridized carbons (Fsp3) is 0.600. The van der Waals surface area contributed by atoms with Crippen molar-refractivity contribution < 1.29 is 9.47 Å². The minimum atomic E-state index is -0.0290. The number of ether oxygens (including phenoxy) is 2. The molecule has 3 heteroatoms. The second kappa shape index (κ2) is 6.88. The van der Waals surface area contributed by atoms with Crippen molar-refractivity contribution in [2.24, 2.45) is 5.73 Å². The number of rotatable bonds is 7. The SMILES string of the molecule is COCCOCC(N)c1ccccc1C1CCC1. The third kappa shape index (κ3) is 3.31. The van der Waals surface area contributed by atoms with Crippen LogP contribution in [0.4, 0.5) is 0 Å². The van der Waals surface area contributed by atoms with Crippen molar-refractivity contribution in [3.05, 3.63) is 35.4 Å². The van der Waals surface area contributed by atoms with E-state index in [0.717, 1.165) is 0 Å². The van der Waals surface area contributed by atoms with Crippen LogP contribution in [0.1, 0.15) is 42.3 Å². The van der Waals surface area contributed by atoms with Crippen molar-refractivity contribution in [1.82, 2.24) is 0 Å². The van der Waals surface area contributed by atoms with Gasteiger partial charge in [-0.3, -0.25) is 0 Å². The van der Waals surface area contributed by atoms with Crippen LogP contribution in [-0.4, -0.2) is 26.9 Å². The van der Waals surface area contributed by atoms with E-state index >= 15 is 0 Å². The Kier molecular flexibility index (Phi) is 5.17. The van der Waals surface area contributed by atoms with Crippen LogP contribution in [0.25, 0.3) is 0 Å². The van der Waals surface area contributed by atoms with Crippen molar-refractivity contribution in [3.8, 4) is 0 Å². The quantitative estimate of drug-likeness (QED) is 0.755. The van der Waals surface area contributed by atoms with Gasteiger partial charge < -0.3 is 15.2 Å². The molecule has 0 heterocycles. The van der Waals surface area contributed by atoms with Gasteiger partial charge in [0.15, 0.2) is 0 Å². The normalized spacial score (nSPS) is 17.4. The molecule has 2 rings (SSSR count). The molecule has 0 aliphatic heterocycles. The predicted octanol–water partition coefficient (Wildman–Crippen LogP) is 2.62. The third-order valence-corrected chi connectivity index (χ3v) is 3.67. The highest BCUT2D eigenvalue weighted by atomic mass is 16.5. The molecule has 1 fully saturated rings. The minimum Gasteiger partial charge on any atom is -0.382 e. The maximum Gasteiger partial charge on any atom is 0.0701 e. The van der Waals surface area contributed by atoms with Gasteiger partial charge in [-0.2, -0.15) is 0 Å². The summed E-state index contributed by atoms with van der Waals surface area (Å²) in [6, 6.07) is 8.49. The van der Waals surface area contributed by atoms with Gasteiger partial charge in [0.05, 0.1) is 25.9 Å². The highest BCUT2D eigenvalue weighted by Gasteiger charge is 2.23. The molecule has 100 valence electrons. The molecule has 0 spiro atoms. The minimum absolute atomic E-state index is 0.0290.